The van der Waals surface area contributed by atoms with Gasteiger partial charge in [-0.3, -0.25) is 0 Å². The van der Waals surface area contributed by atoms with Crippen LogP contribution < -0.4 is 5.73 Å². The average molecular weight is 172 g/mol. The Bertz CT molecular complexity index is 141. The molecule has 0 bridgehead atoms. The summed E-state index contributed by atoms with van der Waals surface area (Å²) in [6.45, 7) is 1.79. The number of hydrogen-bond acceptors (Lipinski definition) is 3. The van der Waals surface area contributed by atoms with Gasteiger partial charge in [-0.05, 0) is 51.9 Å². The summed E-state index contributed by atoms with van der Waals surface area (Å²) >= 11 is 0. The van der Waals surface area contributed by atoms with Crippen LogP contribution in [0.15, 0.2) is 0 Å². The highest BCUT2D eigenvalue weighted by molar-refractivity contribution is 4.94. The molecular weight excluding hydrogens is 152 g/mol. The smallest absolute Gasteiger partial charge is 0.0551 e. The third-order valence-corrected chi connectivity index (χ3v) is 2.86. The lowest BCUT2D eigenvalue weighted by Gasteiger charge is -2.45. The quantitative estimate of drug-likeness (QED) is 0.629. The molecule has 3 nitrogen and oxygen atoms in total. The Morgan fingerprint density at radius 3 is 2.42 bits per heavy atom. The molecule has 3 N–H and O–H groups in total. The van der Waals surface area contributed by atoms with Crippen molar-refractivity contribution in [2.75, 3.05) is 27.2 Å². The molecule has 0 heterocycles. The fourth-order valence-electron chi connectivity index (χ4n) is 1.87. The van der Waals surface area contributed by atoms with Crippen LogP contribution in [-0.4, -0.2) is 43.3 Å². The maximum atomic E-state index is 9.21. The summed E-state index contributed by atoms with van der Waals surface area (Å²) < 4.78 is 0. The Morgan fingerprint density at radius 2 is 2.08 bits per heavy atom. The molecule has 0 radical (unpaired) electrons. The number of rotatable bonds is 4. The number of aliphatic hydroxyl groups is 1. The molecule has 1 saturated carbocycles. The highest BCUT2D eigenvalue weighted by atomic mass is 16.3. The Hall–Kier alpha value is -0.120. The SMILES string of the molecule is CN(C)CCC1(CN)CC(O)C1. The van der Waals surface area contributed by atoms with E-state index in [9.17, 15) is 5.11 Å². The lowest BCUT2D eigenvalue weighted by molar-refractivity contribution is -0.0343. The van der Waals surface area contributed by atoms with Gasteiger partial charge in [0, 0.05) is 0 Å². The van der Waals surface area contributed by atoms with E-state index < -0.39 is 0 Å². The molecule has 1 aliphatic rings. The summed E-state index contributed by atoms with van der Waals surface area (Å²) in [4.78, 5) is 2.17. The van der Waals surface area contributed by atoms with Crippen LogP contribution in [0.1, 0.15) is 19.3 Å². The second-order valence-electron chi connectivity index (χ2n) is 4.32. The zero-order valence-corrected chi connectivity index (χ0v) is 8.08. The van der Waals surface area contributed by atoms with Gasteiger partial charge in [-0.2, -0.15) is 0 Å². The Morgan fingerprint density at radius 1 is 1.50 bits per heavy atom. The summed E-state index contributed by atoms with van der Waals surface area (Å²) in [5.74, 6) is 0. The predicted molar refractivity (Wildman–Crippen MR) is 49.9 cm³/mol. The first-order chi connectivity index (χ1) is 5.58. The van der Waals surface area contributed by atoms with E-state index in [0.29, 0.717) is 0 Å². The van der Waals surface area contributed by atoms with Gasteiger partial charge in [0.1, 0.15) is 0 Å². The highest BCUT2D eigenvalue weighted by Gasteiger charge is 2.41. The standard InChI is InChI=1S/C9H20N2O/c1-11(2)4-3-9(7-10)5-8(12)6-9/h8,12H,3-7,10H2,1-2H3. The number of hydrogen-bond donors (Lipinski definition) is 2. The predicted octanol–water partition coefficient (Wildman–Crippen LogP) is 0.0379. The first-order valence-corrected chi connectivity index (χ1v) is 4.61. The van der Waals surface area contributed by atoms with E-state index in [2.05, 4.69) is 19.0 Å². The fourth-order valence-corrected chi connectivity index (χ4v) is 1.87. The van der Waals surface area contributed by atoms with Crippen LogP contribution >= 0.6 is 0 Å². The first kappa shape index (κ1) is 9.96. The third-order valence-electron chi connectivity index (χ3n) is 2.86. The van der Waals surface area contributed by atoms with E-state index in [1.807, 2.05) is 0 Å². The van der Waals surface area contributed by atoms with E-state index in [1.54, 1.807) is 0 Å². The normalized spacial score (nSPS) is 35.2. The van der Waals surface area contributed by atoms with Crippen molar-refractivity contribution in [1.29, 1.82) is 0 Å². The van der Waals surface area contributed by atoms with Gasteiger partial charge in [-0.15, -0.1) is 0 Å². The van der Waals surface area contributed by atoms with Crippen molar-refractivity contribution in [2.45, 2.75) is 25.4 Å². The topological polar surface area (TPSA) is 49.5 Å². The molecular formula is C9H20N2O. The highest BCUT2D eigenvalue weighted by Crippen LogP contribution is 2.43. The van der Waals surface area contributed by atoms with Crippen molar-refractivity contribution in [3.63, 3.8) is 0 Å². The van der Waals surface area contributed by atoms with Crippen molar-refractivity contribution in [2.24, 2.45) is 11.1 Å². The van der Waals surface area contributed by atoms with Crippen LogP contribution in [0.4, 0.5) is 0 Å². The minimum Gasteiger partial charge on any atom is -0.393 e. The molecule has 0 saturated heterocycles. The Balaban J connectivity index is 2.27. The largest absolute Gasteiger partial charge is 0.393 e. The lowest BCUT2D eigenvalue weighted by atomic mass is 9.65. The average Bonchev–Trinajstić information content (AvgIpc) is 1.95. The van der Waals surface area contributed by atoms with Crippen molar-refractivity contribution < 1.29 is 5.11 Å². The van der Waals surface area contributed by atoms with Gasteiger partial charge < -0.3 is 15.7 Å². The van der Waals surface area contributed by atoms with Gasteiger partial charge in [0.25, 0.3) is 0 Å². The van der Waals surface area contributed by atoms with Gasteiger partial charge in [-0.1, -0.05) is 0 Å². The Kier molecular flexibility index (Phi) is 3.09. The first-order valence-electron chi connectivity index (χ1n) is 4.61. The van der Waals surface area contributed by atoms with E-state index in [4.69, 9.17) is 5.73 Å². The maximum Gasteiger partial charge on any atom is 0.0551 e. The van der Waals surface area contributed by atoms with E-state index in [0.717, 1.165) is 32.4 Å². The lowest BCUT2D eigenvalue weighted by Crippen LogP contribution is -2.47. The summed E-state index contributed by atoms with van der Waals surface area (Å²) in [7, 11) is 4.14. The number of nitrogens with two attached hydrogens (primary N) is 1. The van der Waals surface area contributed by atoms with E-state index in [-0.39, 0.29) is 11.5 Å². The fraction of sp³-hybridized carbons (Fsp3) is 1.00. The van der Waals surface area contributed by atoms with E-state index >= 15 is 0 Å². The van der Waals surface area contributed by atoms with Gasteiger partial charge >= 0.3 is 0 Å². The molecule has 3 heteroatoms. The zero-order chi connectivity index (χ0) is 9.19. The van der Waals surface area contributed by atoms with Crippen molar-refractivity contribution in [3.8, 4) is 0 Å². The van der Waals surface area contributed by atoms with E-state index in [1.165, 1.54) is 0 Å². The minimum atomic E-state index is -0.0873. The molecule has 0 unspecified atom stereocenters. The molecule has 0 aromatic heterocycles. The monoisotopic (exact) mass is 172 g/mol. The Labute approximate surface area is 74.5 Å². The maximum absolute atomic E-state index is 9.21. The second kappa shape index (κ2) is 3.73. The summed E-state index contributed by atoms with van der Waals surface area (Å²) in [5, 5.41) is 9.21. The van der Waals surface area contributed by atoms with Gasteiger partial charge in [0.05, 0.1) is 6.10 Å². The van der Waals surface area contributed by atoms with Crippen LogP contribution in [0.25, 0.3) is 0 Å². The number of nitrogens with zero attached hydrogens (tertiary/aromatic N) is 1. The zero-order valence-electron chi connectivity index (χ0n) is 8.08. The molecule has 1 rings (SSSR count). The minimum absolute atomic E-state index is 0.0873. The molecule has 1 fully saturated rings. The van der Waals surface area contributed by atoms with Crippen LogP contribution in [0.3, 0.4) is 0 Å². The molecule has 0 atom stereocenters. The summed E-state index contributed by atoms with van der Waals surface area (Å²) in [6.07, 6.45) is 2.83. The van der Waals surface area contributed by atoms with Gasteiger partial charge in [0.15, 0.2) is 0 Å². The summed E-state index contributed by atoms with van der Waals surface area (Å²) in [6, 6.07) is 0. The van der Waals surface area contributed by atoms with Gasteiger partial charge in [0.2, 0.25) is 0 Å². The van der Waals surface area contributed by atoms with Crippen LogP contribution in [0, 0.1) is 5.41 Å². The van der Waals surface area contributed by atoms with Crippen molar-refractivity contribution in [1.82, 2.24) is 4.90 Å². The molecule has 0 amide bonds. The second-order valence-corrected chi connectivity index (χ2v) is 4.32. The molecule has 0 aliphatic heterocycles. The molecule has 72 valence electrons. The molecule has 12 heavy (non-hydrogen) atoms. The van der Waals surface area contributed by atoms with Gasteiger partial charge in [-0.25, -0.2) is 0 Å². The molecule has 1 aliphatic carbocycles. The summed E-state index contributed by atoms with van der Waals surface area (Å²) in [5.41, 5.74) is 5.94. The molecule has 0 spiro atoms. The van der Waals surface area contributed by atoms with Crippen LogP contribution in [0.5, 0.6) is 0 Å². The third kappa shape index (κ3) is 2.19. The van der Waals surface area contributed by atoms with Crippen LogP contribution in [-0.2, 0) is 0 Å². The van der Waals surface area contributed by atoms with Crippen molar-refractivity contribution in [3.05, 3.63) is 0 Å². The van der Waals surface area contributed by atoms with Crippen LogP contribution in [0.2, 0.25) is 0 Å². The van der Waals surface area contributed by atoms with Crippen molar-refractivity contribution >= 4 is 0 Å². The number of aliphatic hydroxyl groups excluding tert-OH is 1. The molecule has 0 aromatic carbocycles. The molecule has 0 aromatic rings.